The molecule has 0 aliphatic heterocycles. The largest absolute Gasteiger partial charge is 0.327 e. The number of fused-ring (bicyclic) bond motifs is 1. The molecule has 27 heavy (non-hydrogen) atoms. The number of hydrogen-bond donors (Lipinski definition) is 0. The summed E-state index contributed by atoms with van der Waals surface area (Å²) in [6.45, 7) is 8.12. The van der Waals surface area contributed by atoms with E-state index in [1.54, 1.807) is 12.4 Å². The number of pyridine rings is 2. The third-order valence-electron chi connectivity index (χ3n) is 5.12. The Kier molecular flexibility index (Phi) is 4.42. The molecule has 1 aliphatic carbocycles. The standard InChI is InChI=1S/C21H25N5O/c1-13(2)26-20-18(12-23-26)17(11-14(3)24-20)21(27)25(16-8-9-16)15(4)19-7-5-6-10-22-19/h5-7,10-13,15-16H,8-9H2,1-4H3/t15-/m1/s1. The lowest BCUT2D eigenvalue weighted by atomic mass is 10.1. The first-order chi connectivity index (χ1) is 13.0. The van der Waals surface area contributed by atoms with Crippen LogP contribution in [0.3, 0.4) is 0 Å². The summed E-state index contributed by atoms with van der Waals surface area (Å²) in [5, 5.41) is 5.29. The molecule has 3 aromatic heterocycles. The molecule has 1 aliphatic rings. The van der Waals surface area contributed by atoms with Gasteiger partial charge < -0.3 is 4.90 Å². The first kappa shape index (κ1) is 17.6. The molecule has 1 fully saturated rings. The van der Waals surface area contributed by atoms with Crippen LogP contribution < -0.4 is 0 Å². The van der Waals surface area contributed by atoms with E-state index in [0.29, 0.717) is 5.56 Å². The Morgan fingerprint density at radius 3 is 2.67 bits per heavy atom. The Morgan fingerprint density at radius 1 is 1.26 bits per heavy atom. The van der Waals surface area contributed by atoms with E-state index in [2.05, 4.69) is 35.8 Å². The number of hydrogen-bond acceptors (Lipinski definition) is 4. The second kappa shape index (κ2) is 6.76. The van der Waals surface area contributed by atoms with Crippen molar-refractivity contribution in [3.05, 3.63) is 53.6 Å². The van der Waals surface area contributed by atoms with E-state index in [1.165, 1.54) is 0 Å². The van der Waals surface area contributed by atoms with Gasteiger partial charge in [-0.15, -0.1) is 0 Å². The second-order valence-electron chi connectivity index (χ2n) is 7.61. The van der Waals surface area contributed by atoms with E-state index in [-0.39, 0.29) is 24.0 Å². The van der Waals surface area contributed by atoms with Crippen LogP contribution in [0.4, 0.5) is 0 Å². The average Bonchev–Trinajstić information content (AvgIpc) is 3.39. The normalized spacial score (nSPS) is 15.3. The Bertz CT molecular complexity index is 975. The molecule has 0 N–H and O–H groups in total. The maximum atomic E-state index is 13.6. The molecule has 4 rings (SSSR count). The molecule has 6 nitrogen and oxygen atoms in total. The number of nitrogens with zero attached hydrogens (tertiary/aromatic N) is 5. The van der Waals surface area contributed by atoms with Crippen LogP contribution in [0, 0.1) is 6.92 Å². The third kappa shape index (κ3) is 3.20. The highest BCUT2D eigenvalue weighted by Crippen LogP contribution is 2.36. The molecule has 6 heteroatoms. The summed E-state index contributed by atoms with van der Waals surface area (Å²) in [5.74, 6) is 0.0365. The van der Waals surface area contributed by atoms with E-state index in [9.17, 15) is 4.79 Å². The minimum absolute atomic E-state index is 0.0365. The van der Waals surface area contributed by atoms with Crippen molar-refractivity contribution in [2.75, 3.05) is 0 Å². The van der Waals surface area contributed by atoms with Gasteiger partial charge in [-0.1, -0.05) is 6.07 Å². The monoisotopic (exact) mass is 363 g/mol. The summed E-state index contributed by atoms with van der Waals surface area (Å²) in [6.07, 6.45) is 5.64. The van der Waals surface area contributed by atoms with Crippen LogP contribution in [0.25, 0.3) is 11.0 Å². The van der Waals surface area contributed by atoms with Gasteiger partial charge in [0.15, 0.2) is 5.65 Å². The molecular weight excluding hydrogens is 338 g/mol. The Morgan fingerprint density at radius 2 is 2.04 bits per heavy atom. The van der Waals surface area contributed by atoms with Crippen LogP contribution in [-0.4, -0.2) is 36.6 Å². The van der Waals surface area contributed by atoms with E-state index in [0.717, 1.165) is 35.3 Å². The number of carbonyl (C=O) groups excluding carboxylic acids is 1. The highest BCUT2D eigenvalue weighted by Gasteiger charge is 2.38. The van der Waals surface area contributed by atoms with Crippen molar-refractivity contribution in [1.82, 2.24) is 24.6 Å². The molecule has 3 heterocycles. The smallest absolute Gasteiger partial charge is 0.255 e. The van der Waals surface area contributed by atoms with Gasteiger partial charge in [-0.25, -0.2) is 9.67 Å². The molecule has 0 radical (unpaired) electrons. The molecule has 1 saturated carbocycles. The van der Waals surface area contributed by atoms with E-state index in [1.807, 2.05) is 40.8 Å². The fourth-order valence-electron chi connectivity index (χ4n) is 3.61. The van der Waals surface area contributed by atoms with Crippen molar-refractivity contribution in [3.63, 3.8) is 0 Å². The van der Waals surface area contributed by atoms with Crippen LogP contribution in [0.5, 0.6) is 0 Å². The van der Waals surface area contributed by atoms with E-state index < -0.39 is 0 Å². The van der Waals surface area contributed by atoms with Crippen molar-refractivity contribution in [1.29, 1.82) is 0 Å². The summed E-state index contributed by atoms with van der Waals surface area (Å²) in [4.78, 5) is 24.7. The summed E-state index contributed by atoms with van der Waals surface area (Å²) < 4.78 is 1.88. The topological polar surface area (TPSA) is 63.9 Å². The van der Waals surface area contributed by atoms with Crippen molar-refractivity contribution >= 4 is 16.9 Å². The van der Waals surface area contributed by atoms with Crippen molar-refractivity contribution < 1.29 is 4.79 Å². The van der Waals surface area contributed by atoms with Gasteiger partial charge in [-0.3, -0.25) is 9.78 Å². The number of amides is 1. The Balaban J connectivity index is 1.78. The lowest BCUT2D eigenvalue weighted by Crippen LogP contribution is -2.36. The van der Waals surface area contributed by atoms with Gasteiger partial charge in [0.05, 0.1) is 28.9 Å². The van der Waals surface area contributed by atoms with Crippen LogP contribution >= 0.6 is 0 Å². The molecule has 0 aromatic carbocycles. The van der Waals surface area contributed by atoms with E-state index >= 15 is 0 Å². The van der Waals surface area contributed by atoms with Gasteiger partial charge >= 0.3 is 0 Å². The second-order valence-corrected chi connectivity index (χ2v) is 7.61. The maximum absolute atomic E-state index is 13.6. The summed E-state index contributed by atoms with van der Waals surface area (Å²) in [5.41, 5.74) is 3.20. The third-order valence-corrected chi connectivity index (χ3v) is 5.12. The van der Waals surface area contributed by atoms with Crippen LogP contribution in [0.2, 0.25) is 0 Å². The fourth-order valence-corrected chi connectivity index (χ4v) is 3.61. The Labute approximate surface area is 159 Å². The highest BCUT2D eigenvalue weighted by atomic mass is 16.2. The molecular formula is C21H25N5O. The zero-order valence-electron chi connectivity index (χ0n) is 16.3. The number of aryl methyl sites for hydroxylation is 1. The van der Waals surface area contributed by atoms with Crippen LogP contribution in [0.1, 0.15) is 67.4 Å². The van der Waals surface area contributed by atoms with Crippen molar-refractivity contribution in [3.8, 4) is 0 Å². The van der Waals surface area contributed by atoms with Gasteiger partial charge in [-0.2, -0.15) is 5.10 Å². The van der Waals surface area contributed by atoms with Crippen LogP contribution in [-0.2, 0) is 0 Å². The van der Waals surface area contributed by atoms with Gasteiger partial charge in [0.2, 0.25) is 0 Å². The molecule has 0 unspecified atom stereocenters. The zero-order valence-corrected chi connectivity index (χ0v) is 16.3. The summed E-state index contributed by atoms with van der Waals surface area (Å²) in [6, 6.07) is 8.13. The molecule has 0 spiro atoms. The molecule has 0 saturated heterocycles. The SMILES string of the molecule is Cc1cc(C(=O)N(C2CC2)[C@H](C)c2ccccn2)c2cnn(C(C)C)c2n1. The molecule has 140 valence electrons. The first-order valence-corrected chi connectivity index (χ1v) is 9.56. The average molecular weight is 363 g/mol. The number of carbonyl (C=O) groups is 1. The summed E-state index contributed by atoms with van der Waals surface area (Å²) >= 11 is 0. The molecule has 0 bridgehead atoms. The van der Waals surface area contributed by atoms with Gasteiger partial charge in [0.25, 0.3) is 5.91 Å². The number of aromatic nitrogens is 4. The van der Waals surface area contributed by atoms with Gasteiger partial charge in [0.1, 0.15) is 0 Å². The minimum atomic E-state index is -0.0742. The first-order valence-electron chi connectivity index (χ1n) is 9.56. The Hall–Kier alpha value is -2.76. The fraction of sp³-hybridized carbons (Fsp3) is 0.429. The summed E-state index contributed by atoms with van der Waals surface area (Å²) in [7, 11) is 0. The molecule has 3 aromatic rings. The quantitative estimate of drug-likeness (QED) is 0.685. The predicted octanol–water partition coefficient (Wildman–Crippen LogP) is 4.08. The number of rotatable bonds is 5. The van der Waals surface area contributed by atoms with Crippen LogP contribution in [0.15, 0.2) is 36.7 Å². The van der Waals surface area contributed by atoms with Gasteiger partial charge in [-0.05, 0) is 58.7 Å². The highest BCUT2D eigenvalue weighted by molar-refractivity contribution is 6.05. The zero-order chi connectivity index (χ0) is 19.1. The lowest BCUT2D eigenvalue weighted by Gasteiger charge is -2.29. The maximum Gasteiger partial charge on any atom is 0.255 e. The van der Waals surface area contributed by atoms with Gasteiger partial charge in [0, 0.05) is 24.0 Å². The minimum Gasteiger partial charge on any atom is -0.327 e. The molecule has 1 amide bonds. The lowest BCUT2D eigenvalue weighted by molar-refractivity contribution is 0.0672. The predicted molar refractivity (Wildman–Crippen MR) is 104 cm³/mol. The van der Waals surface area contributed by atoms with E-state index in [4.69, 9.17) is 0 Å². The molecule has 1 atom stereocenters. The van der Waals surface area contributed by atoms with Crippen molar-refractivity contribution in [2.24, 2.45) is 0 Å². The van der Waals surface area contributed by atoms with Crippen molar-refractivity contribution in [2.45, 2.75) is 58.7 Å².